The molecule has 0 saturated carbocycles. The van der Waals surface area contributed by atoms with Gasteiger partial charge in [0.1, 0.15) is 0 Å². The van der Waals surface area contributed by atoms with Crippen LogP contribution in [0.25, 0.3) is 0 Å². The fraction of sp³-hybridized carbons (Fsp3) is 0.800. The molecule has 3 nitrogen and oxygen atoms in total. The molecular weight excluding hydrogens is 104 g/mol. The molecule has 3 heteroatoms. The maximum absolute atomic E-state index is 10.6. The van der Waals surface area contributed by atoms with Crippen LogP contribution in [0.2, 0.25) is 0 Å². The van der Waals surface area contributed by atoms with Crippen molar-refractivity contribution in [1.29, 1.82) is 0 Å². The number of nitrogens with zero attached hydrogens (tertiary/aromatic N) is 1. The topological polar surface area (TPSA) is 32.3 Å². The molecule has 8 heavy (non-hydrogen) atoms. The van der Waals surface area contributed by atoms with Crippen molar-refractivity contribution >= 4 is 5.91 Å². The molecule has 2 fully saturated rings. The van der Waals surface area contributed by atoms with Crippen molar-refractivity contribution in [2.24, 2.45) is 0 Å². The highest BCUT2D eigenvalue weighted by Gasteiger charge is 2.38. The minimum absolute atomic E-state index is 0.306. The summed E-state index contributed by atoms with van der Waals surface area (Å²) in [6.45, 7) is 1.90. The summed E-state index contributed by atoms with van der Waals surface area (Å²) >= 11 is 0. The zero-order valence-corrected chi connectivity index (χ0v) is 4.55. The van der Waals surface area contributed by atoms with E-state index in [0.717, 1.165) is 19.5 Å². The van der Waals surface area contributed by atoms with Gasteiger partial charge in [-0.1, -0.05) is 0 Å². The Balaban J connectivity index is 2.11. The molecule has 0 bridgehead atoms. The third-order valence-corrected chi connectivity index (χ3v) is 1.80. The van der Waals surface area contributed by atoms with E-state index in [0.29, 0.717) is 12.1 Å². The van der Waals surface area contributed by atoms with Gasteiger partial charge in [0.15, 0.2) is 0 Å². The summed E-state index contributed by atoms with van der Waals surface area (Å²) in [6, 6.07) is 0. The molecule has 2 heterocycles. The van der Waals surface area contributed by atoms with Gasteiger partial charge in [0.05, 0.1) is 12.6 Å². The van der Waals surface area contributed by atoms with Crippen LogP contribution < -0.4 is 5.32 Å². The molecular formula is C5H8N2O. The van der Waals surface area contributed by atoms with E-state index >= 15 is 0 Å². The van der Waals surface area contributed by atoms with Crippen molar-refractivity contribution in [1.82, 2.24) is 10.2 Å². The van der Waals surface area contributed by atoms with Crippen molar-refractivity contribution in [3.05, 3.63) is 0 Å². The Kier molecular flexibility index (Phi) is 0.663. The second-order valence-electron chi connectivity index (χ2n) is 2.26. The summed E-state index contributed by atoms with van der Waals surface area (Å²) in [5.74, 6) is 0.306. The fourth-order valence-corrected chi connectivity index (χ4v) is 1.27. The number of hydrogen-bond acceptors (Lipinski definition) is 2. The summed E-state index contributed by atoms with van der Waals surface area (Å²) in [5.41, 5.74) is 0. The lowest BCUT2D eigenvalue weighted by molar-refractivity contribution is -0.143. The van der Waals surface area contributed by atoms with Gasteiger partial charge in [0.25, 0.3) is 0 Å². The number of rotatable bonds is 0. The van der Waals surface area contributed by atoms with Gasteiger partial charge in [-0.25, -0.2) is 0 Å². The maximum Gasteiger partial charge on any atom is 0.227 e. The van der Waals surface area contributed by atoms with E-state index in [2.05, 4.69) is 5.32 Å². The highest BCUT2D eigenvalue weighted by molar-refractivity contribution is 5.83. The van der Waals surface area contributed by atoms with E-state index < -0.39 is 0 Å². The molecule has 1 atom stereocenters. The summed E-state index contributed by atoms with van der Waals surface area (Å²) in [7, 11) is 0. The summed E-state index contributed by atoms with van der Waals surface area (Å²) in [5, 5.41) is 3.19. The molecule has 1 amide bonds. The molecule has 2 aliphatic rings. The Morgan fingerprint density at radius 2 is 2.62 bits per heavy atom. The van der Waals surface area contributed by atoms with E-state index in [1.165, 1.54) is 0 Å². The first-order chi connectivity index (χ1) is 3.88. The SMILES string of the molecule is O=C1CC2NCCN12. The molecule has 2 aliphatic heterocycles. The monoisotopic (exact) mass is 112 g/mol. The average Bonchev–Trinajstić information content (AvgIpc) is 2.09. The lowest BCUT2D eigenvalue weighted by atomic mass is 10.2. The normalized spacial score (nSPS) is 34.8. The van der Waals surface area contributed by atoms with Crippen molar-refractivity contribution in [2.75, 3.05) is 13.1 Å². The van der Waals surface area contributed by atoms with Crippen LogP contribution in [0.4, 0.5) is 0 Å². The predicted octanol–water partition coefficient (Wildman–Crippen LogP) is -0.852. The molecule has 1 N–H and O–H groups in total. The van der Waals surface area contributed by atoms with E-state index in [4.69, 9.17) is 0 Å². The number of fused-ring (bicyclic) bond motifs is 1. The summed E-state index contributed by atoms with van der Waals surface area (Å²) in [6.07, 6.45) is 1.13. The Bertz CT molecular complexity index is 134. The zero-order valence-electron chi connectivity index (χ0n) is 4.55. The van der Waals surface area contributed by atoms with Gasteiger partial charge in [0, 0.05) is 13.1 Å². The quantitative estimate of drug-likeness (QED) is 0.414. The molecule has 0 spiro atoms. The lowest BCUT2D eigenvalue weighted by Crippen LogP contribution is -2.52. The molecule has 0 aromatic rings. The third kappa shape index (κ3) is 0.351. The first-order valence-corrected chi connectivity index (χ1v) is 2.91. The van der Waals surface area contributed by atoms with Gasteiger partial charge < -0.3 is 4.90 Å². The Morgan fingerprint density at radius 3 is 3.12 bits per heavy atom. The van der Waals surface area contributed by atoms with Crippen LogP contribution in [0, 0.1) is 0 Å². The standard InChI is InChI=1S/C5H8N2O/c8-5-3-4-6-1-2-7(4)5/h4,6H,1-3H2. The van der Waals surface area contributed by atoms with Crippen LogP contribution in [0.3, 0.4) is 0 Å². The van der Waals surface area contributed by atoms with Crippen LogP contribution >= 0.6 is 0 Å². The first kappa shape index (κ1) is 4.32. The lowest BCUT2D eigenvalue weighted by Gasteiger charge is -2.33. The smallest absolute Gasteiger partial charge is 0.227 e. The molecule has 0 aromatic heterocycles. The first-order valence-electron chi connectivity index (χ1n) is 2.91. The molecule has 0 radical (unpaired) electrons. The minimum atomic E-state index is 0.306. The molecule has 44 valence electrons. The van der Waals surface area contributed by atoms with Gasteiger partial charge in [-0.3, -0.25) is 10.1 Å². The van der Waals surface area contributed by atoms with E-state index in [9.17, 15) is 4.79 Å². The van der Waals surface area contributed by atoms with E-state index in [1.807, 2.05) is 4.90 Å². The average molecular weight is 112 g/mol. The number of hydrogen-bond donors (Lipinski definition) is 1. The number of nitrogens with one attached hydrogen (secondary N) is 1. The van der Waals surface area contributed by atoms with Crippen LogP contribution in [0.1, 0.15) is 6.42 Å². The second-order valence-corrected chi connectivity index (χ2v) is 2.26. The van der Waals surface area contributed by atoms with Gasteiger partial charge in [-0.15, -0.1) is 0 Å². The Hall–Kier alpha value is -0.570. The van der Waals surface area contributed by atoms with Crippen LogP contribution in [-0.2, 0) is 4.79 Å². The largest absolute Gasteiger partial charge is 0.325 e. The molecule has 2 rings (SSSR count). The second kappa shape index (κ2) is 1.23. The summed E-state index contributed by atoms with van der Waals surface area (Å²) < 4.78 is 0. The summed E-state index contributed by atoms with van der Waals surface area (Å²) in [4.78, 5) is 12.5. The highest BCUT2D eigenvalue weighted by Crippen LogP contribution is 2.18. The number of carbonyl (C=O) groups excluding carboxylic acids is 1. The van der Waals surface area contributed by atoms with E-state index in [1.54, 1.807) is 0 Å². The van der Waals surface area contributed by atoms with Crippen molar-refractivity contribution in [2.45, 2.75) is 12.6 Å². The number of amides is 1. The maximum atomic E-state index is 10.6. The third-order valence-electron chi connectivity index (χ3n) is 1.80. The molecule has 0 aromatic carbocycles. The molecule has 0 aliphatic carbocycles. The van der Waals surface area contributed by atoms with Crippen molar-refractivity contribution in [3.8, 4) is 0 Å². The minimum Gasteiger partial charge on any atom is -0.325 e. The zero-order chi connectivity index (χ0) is 5.56. The Morgan fingerprint density at radius 1 is 1.75 bits per heavy atom. The fourth-order valence-electron chi connectivity index (χ4n) is 1.27. The number of carbonyl (C=O) groups is 1. The van der Waals surface area contributed by atoms with Gasteiger partial charge in [0.2, 0.25) is 5.91 Å². The molecule has 2 saturated heterocycles. The van der Waals surface area contributed by atoms with E-state index in [-0.39, 0.29) is 0 Å². The van der Waals surface area contributed by atoms with Crippen molar-refractivity contribution in [3.63, 3.8) is 0 Å². The Labute approximate surface area is 47.7 Å². The molecule has 1 unspecified atom stereocenters. The van der Waals surface area contributed by atoms with Crippen LogP contribution in [0.5, 0.6) is 0 Å². The predicted molar refractivity (Wildman–Crippen MR) is 28.1 cm³/mol. The van der Waals surface area contributed by atoms with Crippen molar-refractivity contribution < 1.29 is 4.79 Å². The van der Waals surface area contributed by atoms with Gasteiger partial charge in [-0.2, -0.15) is 0 Å². The highest BCUT2D eigenvalue weighted by atomic mass is 16.2. The van der Waals surface area contributed by atoms with Gasteiger partial charge >= 0.3 is 0 Å². The van der Waals surface area contributed by atoms with Crippen LogP contribution in [-0.4, -0.2) is 30.1 Å². The number of β-lactam (4-membered cyclic amide) rings is 1. The van der Waals surface area contributed by atoms with Gasteiger partial charge in [-0.05, 0) is 0 Å². The van der Waals surface area contributed by atoms with Crippen LogP contribution in [0.15, 0.2) is 0 Å².